The molecule has 2 aromatic carbocycles. The summed E-state index contributed by atoms with van der Waals surface area (Å²) in [4.78, 5) is 22.8. The van der Waals surface area contributed by atoms with E-state index in [1.807, 2.05) is 24.5 Å². The predicted molar refractivity (Wildman–Crippen MR) is 110 cm³/mol. The molecule has 0 radical (unpaired) electrons. The molecule has 0 spiro atoms. The van der Waals surface area contributed by atoms with Gasteiger partial charge in [-0.15, -0.1) is 0 Å². The Morgan fingerprint density at radius 2 is 1.90 bits per heavy atom. The lowest BCUT2D eigenvalue weighted by molar-refractivity contribution is -0.384. The molecule has 0 saturated heterocycles. The van der Waals surface area contributed by atoms with Gasteiger partial charge in [0.2, 0.25) is 0 Å². The van der Waals surface area contributed by atoms with Crippen LogP contribution in [0.15, 0.2) is 59.7 Å². The van der Waals surface area contributed by atoms with E-state index in [1.54, 1.807) is 49.7 Å². The van der Waals surface area contributed by atoms with Crippen LogP contribution in [0.5, 0.6) is 5.75 Å². The Kier molecular flexibility index (Phi) is 5.73. The largest absolute Gasteiger partial charge is 0.497 e. The average Bonchev–Trinajstić information content (AvgIpc) is 3.01. The number of hydrogen-bond acceptors (Lipinski definition) is 5. The first-order chi connectivity index (χ1) is 13.9. The van der Waals surface area contributed by atoms with Crippen LogP contribution in [0.3, 0.4) is 0 Å². The molecule has 1 amide bonds. The Bertz CT molecular complexity index is 1080. The molecule has 1 N–H and O–H groups in total. The summed E-state index contributed by atoms with van der Waals surface area (Å²) in [5.41, 5.74) is 6.22. The van der Waals surface area contributed by atoms with Crippen molar-refractivity contribution in [1.29, 1.82) is 0 Å². The highest BCUT2D eigenvalue weighted by molar-refractivity contribution is 5.95. The first kappa shape index (κ1) is 19.8. The second-order valence-corrected chi connectivity index (χ2v) is 6.37. The number of benzene rings is 2. The number of carbonyl (C=O) groups excluding carboxylic acids is 1. The zero-order chi connectivity index (χ0) is 21.0. The van der Waals surface area contributed by atoms with Crippen molar-refractivity contribution < 1.29 is 14.5 Å². The van der Waals surface area contributed by atoms with Gasteiger partial charge in [0.1, 0.15) is 5.75 Å². The van der Waals surface area contributed by atoms with Gasteiger partial charge in [-0.25, -0.2) is 5.43 Å². The summed E-state index contributed by atoms with van der Waals surface area (Å²) in [5.74, 6) is 0.329. The Morgan fingerprint density at radius 3 is 2.55 bits per heavy atom. The van der Waals surface area contributed by atoms with Crippen molar-refractivity contribution in [3.05, 3.63) is 87.2 Å². The summed E-state index contributed by atoms with van der Waals surface area (Å²) in [6.45, 7) is 3.79. The maximum Gasteiger partial charge on any atom is 0.271 e. The van der Waals surface area contributed by atoms with Crippen LogP contribution < -0.4 is 10.2 Å². The number of carbonyl (C=O) groups is 1. The smallest absolute Gasteiger partial charge is 0.271 e. The minimum Gasteiger partial charge on any atom is -0.497 e. The van der Waals surface area contributed by atoms with E-state index in [9.17, 15) is 14.9 Å². The molecule has 0 fully saturated rings. The third kappa shape index (κ3) is 4.32. The summed E-state index contributed by atoms with van der Waals surface area (Å²) >= 11 is 0. The lowest BCUT2D eigenvalue weighted by Crippen LogP contribution is -2.17. The SMILES string of the molecule is COc1ccc(C(=O)N/N=C\c2cc(C)n(-c3cccc([N+](=O)[O-])c3)c2C)cc1. The van der Waals surface area contributed by atoms with Gasteiger partial charge in [-0.2, -0.15) is 5.10 Å². The normalized spacial score (nSPS) is 10.9. The molecule has 3 aromatic rings. The number of nitro groups is 1. The Morgan fingerprint density at radius 1 is 1.17 bits per heavy atom. The zero-order valence-corrected chi connectivity index (χ0v) is 16.2. The lowest BCUT2D eigenvalue weighted by Gasteiger charge is -2.09. The minimum absolute atomic E-state index is 0.0250. The van der Waals surface area contributed by atoms with E-state index >= 15 is 0 Å². The van der Waals surface area contributed by atoms with Gasteiger partial charge in [0.25, 0.3) is 11.6 Å². The van der Waals surface area contributed by atoms with Gasteiger partial charge in [0.05, 0.1) is 23.9 Å². The molecular formula is C21H20N4O4. The van der Waals surface area contributed by atoms with Crippen molar-refractivity contribution in [3.8, 4) is 11.4 Å². The number of hydrazone groups is 1. The highest BCUT2D eigenvalue weighted by atomic mass is 16.6. The number of methoxy groups -OCH3 is 1. The van der Waals surface area contributed by atoms with Gasteiger partial charge in [0, 0.05) is 34.6 Å². The molecule has 8 heteroatoms. The van der Waals surface area contributed by atoms with Crippen LogP contribution in [0.1, 0.15) is 27.3 Å². The number of ether oxygens (including phenoxy) is 1. The summed E-state index contributed by atoms with van der Waals surface area (Å²) in [5, 5.41) is 15.1. The number of aryl methyl sites for hydroxylation is 1. The molecule has 148 valence electrons. The van der Waals surface area contributed by atoms with E-state index in [1.165, 1.54) is 12.1 Å². The molecule has 1 heterocycles. The van der Waals surface area contributed by atoms with Crippen LogP contribution >= 0.6 is 0 Å². The number of amides is 1. The maximum absolute atomic E-state index is 12.2. The van der Waals surface area contributed by atoms with Gasteiger partial charge in [-0.05, 0) is 50.2 Å². The van der Waals surface area contributed by atoms with E-state index in [4.69, 9.17) is 4.74 Å². The fourth-order valence-corrected chi connectivity index (χ4v) is 3.03. The van der Waals surface area contributed by atoms with Crippen LogP contribution in [0.4, 0.5) is 5.69 Å². The quantitative estimate of drug-likeness (QED) is 0.392. The second-order valence-electron chi connectivity index (χ2n) is 6.37. The average molecular weight is 392 g/mol. The maximum atomic E-state index is 12.2. The molecular weight excluding hydrogens is 372 g/mol. The van der Waals surface area contributed by atoms with Crippen LogP contribution in [0, 0.1) is 24.0 Å². The number of nitrogens with zero attached hydrogens (tertiary/aromatic N) is 3. The van der Waals surface area contributed by atoms with E-state index in [-0.39, 0.29) is 11.6 Å². The molecule has 3 rings (SSSR count). The van der Waals surface area contributed by atoms with Crippen molar-refractivity contribution in [2.24, 2.45) is 5.10 Å². The van der Waals surface area contributed by atoms with Crippen LogP contribution in [-0.4, -0.2) is 28.7 Å². The fourth-order valence-electron chi connectivity index (χ4n) is 3.03. The number of hydrogen-bond donors (Lipinski definition) is 1. The molecule has 0 unspecified atom stereocenters. The van der Waals surface area contributed by atoms with E-state index < -0.39 is 4.92 Å². The van der Waals surface area contributed by atoms with Crippen molar-refractivity contribution in [2.45, 2.75) is 13.8 Å². The van der Waals surface area contributed by atoms with E-state index in [0.29, 0.717) is 17.0 Å². The van der Waals surface area contributed by atoms with Crippen molar-refractivity contribution in [2.75, 3.05) is 7.11 Å². The Labute approximate surface area is 167 Å². The summed E-state index contributed by atoms with van der Waals surface area (Å²) in [7, 11) is 1.56. The van der Waals surface area contributed by atoms with Gasteiger partial charge < -0.3 is 9.30 Å². The molecule has 1 aromatic heterocycles. The molecule has 0 aliphatic rings. The van der Waals surface area contributed by atoms with Crippen molar-refractivity contribution >= 4 is 17.8 Å². The second kappa shape index (κ2) is 8.39. The highest BCUT2D eigenvalue weighted by Crippen LogP contribution is 2.23. The Balaban J connectivity index is 1.78. The molecule has 0 saturated carbocycles. The van der Waals surface area contributed by atoms with E-state index in [2.05, 4.69) is 10.5 Å². The van der Waals surface area contributed by atoms with Crippen molar-refractivity contribution in [3.63, 3.8) is 0 Å². The molecule has 0 aliphatic heterocycles. The number of nitro benzene ring substituents is 1. The topological polar surface area (TPSA) is 98.8 Å². The fraction of sp³-hybridized carbons (Fsp3) is 0.143. The number of aromatic nitrogens is 1. The van der Waals surface area contributed by atoms with E-state index in [0.717, 1.165) is 17.0 Å². The Hall–Kier alpha value is -3.94. The monoisotopic (exact) mass is 392 g/mol. The molecule has 0 atom stereocenters. The van der Waals surface area contributed by atoms with Gasteiger partial charge in [0.15, 0.2) is 0 Å². The van der Waals surface area contributed by atoms with Crippen LogP contribution in [-0.2, 0) is 0 Å². The predicted octanol–water partition coefficient (Wildman–Crippen LogP) is 3.77. The zero-order valence-electron chi connectivity index (χ0n) is 16.2. The highest BCUT2D eigenvalue weighted by Gasteiger charge is 2.13. The van der Waals surface area contributed by atoms with Crippen molar-refractivity contribution in [1.82, 2.24) is 9.99 Å². The molecule has 29 heavy (non-hydrogen) atoms. The number of nitrogens with one attached hydrogen (secondary N) is 1. The molecule has 0 bridgehead atoms. The minimum atomic E-state index is -0.422. The summed E-state index contributed by atoms with van der Waals surface area (Å²) in [6, 6.07) is 15.0. The van der Waals surface area contributed by atoms with Crippen LogP contribution in [0.25, 0.3) is 5.69 Å². The first-order valence-corrected chi connectivity index (χ1v) is 8.82. The molecule has 8 nitrogen and oxygen atoms in total. The lowest BCUT2D eigenvalue weighted by atomic mass is 10.2. The van der Waals surface area contributed by atoms with Gasteiger partial charge >= 0.3 is 0 Å². The van der Waals surface area contributed by atoms with Crippen LogP contribution in [0.2, 0.25) is 0 Å². The van der Waals surface area contributed by atoms with Gasteiger partial charge in [-0.1, -0.05) is 6.07 Å². The molecule has 0 aliphatic carbocycles. The summed E-state index contributed by atoms with van der Waals surface area (Å²) in [6.07, 6.45) is 1.55. The standard InChI is InChI=1S/C21H20N4O4/c1-14-11-17(13-22-23-21(26)16-7-9-20(29-3)10-8-16)15(2)24(14)18-5-4-6-19(12-18)25(27)28/h4-13H,1-3H3,(H,23,26)/b22-13-. The van der Waals surface area contributed by atoms with Gasteiger partial charge in [-0.3, -0.25) is 14.9 Å². The third-order valence-electron chi connectivity index (χ3n) is 4.49. The number of rotatable bonds is 6. The first-order valence-electron chi connectivity index (χ1n) is 8.82. The number of non-ortho nitro benzene ring substituents is 1. The summed E-state index contributed by atoms with van der Waals surface area (Å²) < 4.78 is 6.97. The third-order valence-corrected chi connectivity index (χ3v) is 4.49.